The molecule has 1 aliphatic carbocycles. The lowest BCUT2D eigenvalue weighted by atomic mass is 10.1. The minimum absolute atomic E-state index is 0.333. The smallest absolute Gasteiger partial charge is 0.272 e. The van der Waals surface area contributed by atoms with Crippen LogP contribution in [0.4, 0.5) is 8.78 Å². The number of hydrogen-bond acceptors (Lipinski definition) is 3. The van der Waals surface area contributed by atoms with Gasteiger partial charge >= 0.3 is 0 Å². The van der Waals surface area contributed by atoms with E-state index in [9.17, 15) is 8.78 Å². The van der Waals surface area contributed by atoms with Crippen molar-refractivity contribution in [2.45, 2.75) is 31.7 Å². The van der Waals surface area contributed by atoms with Crippen LogP contribution < -0.4 is 10.5 Å². The van der Waals surface area contributed by atoms with Gasteiger partial charge in [-0.25, -0.2) is 13.8 Å². The molecule has 1 fully saturated rings. The van der Waals surface area contributed by atoms with Crippen molar-refractivity contribution >= 4 is 0 Å². The number of ether oxygens (including phenoxy) is 1. The minimum atomic E-state index is -2.47. The van der Waals surface area contributed by atoms with Gasteiger partial charge in [-0.1, -0.05) is 0 Å². The van der Waals surface area contributed by atoms with E-state index in [0.717, 1.165) is 24.0 Å². The van der Waals surface area contributed by atoms with Crippen LogP contribution in [0, 0.1) is 0 Å². The number of pyridine rings is 1. The highest BCUT2D eigenvalue weighted by atomic mass is 19.3. The van der Waals surface area contributed by atoms with E-state index in [-0.39, 0.29) is 0 Å². The second-order valence-corrected chi connectivity index (χ2v) is 3.92. The van der Waals surface area contributed by atoms with Crippen LogP contribution in [0.1, 0.15) is 29.9 Å². The van der Waals surface area contributed by atoms with Crippen LogP contribution in [0.2, 0.25) is 0 Å². The second-order valence-electron chi connectivity index (χ2n) is 3.92. The molecule has 3 nitrogen and oxygen atoms in total. The maximum Gasteiger partial charge on any atom is 0.272 e. The molecular formula is C11H14F2N2O. The third-order valence-electron chi connectivity index (χ3n) is 2.53. The topological polar surface area (TPSA) is 48.1 Å². The average Bonchev–Trinajstić information content (AvgIpc) is 3.10. The van der Waals surface area contributed by atoms with Crippen LogP contribution in [0.5, 0.6) is 5.88 Å². The zero-order valence-electron chi connectivity index (χ0n) is 8.83. The van der Waals surface area contributed by atoms with Gasteiger partial charge in [-0.15, -0.1) is 0 Å². The van der Waals surface area contributed by atoms with E-state index in [2.05, 4.69) is 4.98 Å². The first-order chi connectivity index (χ1) is 7.70. The van der Waals surface area contributed by atoms with Gasteiger partial charge in [0.25, 0.3) is 6.43 Å². The van der Waals surface area contributed by atoms with Gasteiger partial charge in [-0.05, 0) is 30.4 Å². The van der Waals surface area contributed by atoms with Crippen LogP contribution in [-0.4, -0.2) is 18.0 Å². The lowest BCUT2D eigenvalue weighted by molar-refractivity contribution is 0.0790. The van der Waals surface area contributed by atoms with E-state index in [1.54, 1.807) is 6.20 Å². The van der Waals surface area contributed by atoms with E-state index < -0.39 is 13.0 Å². The molecule has 0 atom stereocenters. The summed E-state index contributed by atoms with van der Waals surface area (Å²) in [5, 5.41) is 0. The summed E-state index contributed by atoms with van der Waals surface area (Å²) in [5.74, 6) is 0.742. The fourth-order valence-electron chi connectivity index (χ4n) is 1.58. The second kappa shape index (κ2) is 4.74. The zero-order valence-corrected chi connectivity index (χ0v) is 8.83. The molecule has 2 rings (SSSR count). The van der Waals surface area contributed by atoms with Gasteiger partial charge in [0.05, 0.1) is 0 Å². The van der Waals surface area contributed by atoms with Crippen molar-refractivity contribution in [3.05, 3.63) is 23.4 Å². The molecule has 0 aromatic carbocycles. The fourth-order valence-corrected chi connectivity index (χ4v) is 1.58. The summed E-state index contributed by atoms with van der Waals surface area (Å²) in [6.45, 7) is -0.198. The van der Waals surface area contributed by atoms with Crippen molar-refractivity contribution in [1.82, 2.24) is 4.98 Å². The summed E-state index contributed by atoms with van der Waals surface area (Å²) in [4.78, 5) is 4.05. The molecule has 0 saturated heterocycles. The average molecular weight is 228 g/mol. The number of aromatic nitrogens is 1. The highest BCUT2D eigenvalue weighted by Crippen LogP contribution is 2.43. The van der Waals surface area contributed by atoms with E-state index >= 15 is 0 Å². The van der Waals surface area contributed by atoms with Gasteiger partial charge < -0.3 is 10.5 Å². The largest absolute Gasteiger partial charge is 0.471 e. The fraction of sp³-hybridized carbons (Fsp3) is 0.545. The molecule has 0 spiro atoms. The molecule has 0 unspecified atom stereocenters. The van der Waals surface area contributed by atoms with E-state index in [1.807, 2.05) is 6.07 Å². The number of halogens is 2. The standard InChI is InChI=1S/C11H14F2N2O/c12-10(13)6-16-11-9(8-1-2-8)3-7(4-14)5-15-11/h3,5,8,10H,1-2,4,6,14H2. The van der Waals surface area contributed by atoms with E-state index in [1.165, 1.54) is 0 Å². The highest BCUT2D eigenvalue weighted by Gasteiger charge is 2.28. The maximum atomic E-state index is 12.0. The molecule has 1 aliphatic rings. The number of rotatable bonds is 5. The molecule has 1 saturated carbocycles. The summed E-state index contributed by atoms with van der Waals surface area (Å²) in [6.07, 6.45) is 1.25. The molecular weight excluding hydrogens is 214 g/mol. The van der Waals surface area contributed by atoms with Gasteiger partial charge in [0.1, 0.15) is 0 Å². The summed E-state index contributed by atoms with van der Waals surface area (Å²) in [6, 6.07) is 1.91. The first kappa shape index (κ1) is 11.3. The molecule has 2 N–H and O–H groups in total. The van der Waals surface area contributed by atoms with Gasteiger partial charge in [0, 0.05) is 18.3 Å². The van der Waals surface area contributed by atoms with Gasteiger partial charge in [-0.2, -0.15) is 0 Å². The van der Waals surface area contributed by atoms with E-state index in [4.69, 9.17) is 10.5 Å². The Morgan fingerprint density at radius 2 is 2.25 bits per heavy atom. The SMILES string of the molecule is NCc1cnc(OCC(F)F)c(C2CC2)c1. The van der Waals surface area contributed by atoms with Gasteiger partial charge in [0.15, 0.2) is 6.61 Å². The summed E-state index contributed by atoms with van der Waals surface area (Å²) >= 11 is 0. The van der Waals surface area contributed by atoms with Crippen LogP contribution >= 0.6 is 0 Å². The molecule has 0 radical (unpaired) electrons. The van der Waals surface area contributed by atoms with Crippen molar-refractivity contribution in [1.29, 1.82) is 0 Å². The number of hydrogen-bond donors (Lipinski definition) is 1. The Morgan fingerprint density at radius 3 is 2.81 bits per heavy atom. The number of nitrogens with zero attached hydrogens (tertiary/aromatic N) is 1. The monoisotopic (exact) mass is 228 g/mol. The molecule has 5 heteroatoms. The van der Waals surface area contributed by atoms with Crippen LogP contribution in [0.15, 0.2) is 12.3 Å². The quantitative estimate of drug-likeness (QED) is 0.839. The maximum absolute atomic E-state index is 12.0. The van der Waals surface area contributed by atoms with Crippen LogP contribution in [0.3, 0.4) is 0 Å². The third-order valence-corrected chi connectivity index (χ3v) is 2.53. The predicted octanol–water partition coefficient (Wildman–Crippen LogP) is 2.06. The molecule has 0 bridgehead atoms. The Hall–Kier alpha value is -1.23. The molecule has 88 valence electrons. The lowest BCUT2D eigenvalue weighted by Crippen LogP contribution is -2.10. The molecule has 16 heavy (non-hydrogen) atoms. The molecule has 1 heterocycles. The Kier molecular flexibility index (Phi) is 3.33. The van der Waals surface area contributed by atoms with Gasteiger partial charge in [-0.3, -0.25) is 0 Å². The summed E-state index contributed by atoms with van der Waals surface area (Å²) in [7, 11) is 0. The van der Waals surface area contributed by atoms with E-state index in [0.29, 0.717) is 18.3 Å². The zero-order chi connectivity index (χ0) is 11.5. The molecule has 0 aliphatic heterocycles. The van der Waals surface area contributed by atoms with Crippen LogP contribution in [0.25, 0.3) is 0 Å². The highest BCUT2D eigenvalue weighted by molar-refractivity contribution is 5.35. The van der Waals surface area contributed by atoms with Crippen molar-refractivity contribution < 1.29 is 13.5 Å². The van der Waals surface area contributed by atoms with Crippen molar-refractivity contribution in [2.75, 3.05) is 6.61 Å². The number of nitrogens with two attached hydrogens (primary N) is 1. The Morgan fingerprint density at radius 1 is 1.50 bits per heavy atom. The van der Waals surface area contributed by atoms with Crippen LogP contribution in [-0.2, 0) is 6.54 Å². The Bertz CT molecular complexity index is 367. The summed E-state index contributed by atoms with van der Waals surface area (Å²) < 4.78 is 29.1. The van der Waals surface area contributed by atoms with Crippen molar-refractivity contribution in [3.8, 4) is 5.88 Å². The normalized spacial score (nSPS) is 15.5. The first-order valence-electron chi connectivity index (χ1n) is 5.30. The lowest BCUT2D eigenvalue weighted by Gasteiger charge is -2.10. The predicted molar refractivity (Wildman–Crippen MR) is 55.6 cm³/mol. The molecule has 1 aromatic rings. The summed E-state index contributed by atoms with van der Waals surface area (Å²) in [5.41, 5.74) is 7.34. The van der Waals surface area contributed by atoms with Gasteiger partial charge in [0.2, 0.25) is 5.88 Å². The Balaban J connectivity index is 2.15. The molecule has 0 amide bonds. The van der Waals surface area contributed by atoms with Crippen molar-refractivity contribution in [3.63, 3.8) is 0 Å². The van der Waals surface area contributed by atoms with Crippen molar-refractivity contribution in [2.24, 2.45) is 5.73 Å². The first-order valence-corrected chi connectivity index (χ1v) is 5.30. The minimum Gasteiger partial charge on any atom is -0.471 e. The Labute approximate surface area is 92.6 Å². The number of alkyl halides is 2. The molecule has 1 aromatic heterocycles. The third kappa shape index (κ3) is 2.66.